The van der Waals surface area contributed by atoms with Crippen molar-refractivity contribution in [2.24, 2.45) is 0 Å². The zero-order chi connectivity index (χ0) is 26.7. The molecule has 198 valence electrons. The van der Waals surface area contributed by atoms with Crippen molar-refractivity contribution >= 4 is 22.8 Å². The Kier molecular flexibility index (Phi) is 9.57. The highest BCUT2D eigenvalue weighted by atomic mass is 16.5. The highest BCUT2D eigenvalue weighted by Crippen LogP contribution is 2.28. The normalized spacial score (nSPS) is 11.1. The molecule has 0 bridgehead atoms. The zero-order valence-corrected chi connectivity index (χ0v) is 21.6. The lowest BCUT2D eigenvalue weighted by Crippen LogP contribution is -2.01. The van der Waals surface area contributed by atoms with Crippen LogP contribution in [-0.4, -0.2) is 33.3 Å². The first-order chi connectivity index (χ1) is 18.5. The molecular weight excluding hydrogens is 478 g/mol. The Morgan fingerprint density at radius 1 is 0.711 bits per heavy atom. The molecule has 0 aliphatic carbocycles. The number of carboxylic acids is 2. The number of nitrogens with zero attached hydrogens (tertiary/aromatic N) is 1. The number of aliphatic carboxylic acids is 2. The van der Waals surface area contributed by atoms with E-state index in [4.69, 9.17) is 9.84 Å². The third-order valence-electron chi connectivity index (χ3n) is 6.78. The average molecular weight is 514 g/mol. The van der Waals surface area contributed by atoms with E-state index in [2.05, 4.69) is 42.5 Å². The Bertz CT molecular complexity index is 1340. The lowest BCUT2D eigenvalue weighted by atomic mass is 9.98. The van der Waals surface area contributed by atoms with Gasteiger partial charge in [-0.15, -0.1) is 0 Å². The molecule has 0 unspecified atom stereocenters. The second-order valence-corrected chi connectivity index (χ2v) is 9.66. The molecule has 2 N–H and O–H groups in total. The van der Waals surface area contributed by atoms with E-state index in [1.165, 1.54) is 11.1 Å². The van der Waals surface area contributed by atoms with Gasteiger partial charge in [-0.1, -0.05) is 54.6 Å². The number of hydrogen-bond acceptors (Lipinski definition) is 3. The number of aryl methyl sites for hydroxylation is 4. The highest BCUT2D eigenvalue weighted by molar-refractivity contribution is 5.90. The number of benzene rings is 3. The largest absolute Gasteiger partial charge is 0.494 e. The molecule has 4 rings (SSSR count). The van der Waals surface area contributed by atoms with Crippen molar-refractivity contribution in [1.29, 1.82) is 0 Å². The summed E-state index contributed by atoms with van der Waals surface area (Å²) in [6.07, 6.45) is 7.17. The molecule has 0 fully saturated rings. The number of aromatic nitrogens is 1. The molecule has 0 saturated heterocycles. The molecular formula is C32H35NO5. The van der Waals surface area contributed by atoms with Crippen LogP contribution in [0.4, 0.5) is 0 Å². The number of rotatable bonds is 15. The average Bonchev–Trinajstić information content (AvgIpc) is 3.25. The van der Waals surface area contributed by atoms with Gasteiger partial charge in [0.15, 0.2) is 0 Å². The third-order valence-corrected chi connectivity index (χ3v) is 6.78. The second-order valence-electron chi connectivity index (χ2n) is 9.66. The van der Waals surface area contributed by atoms with E-state index < -0.39 is 11.9 Å². The van der Waals surface area contributed by atoms with Crippen molar-refractivity contribution in [2.75, 3.05) is 6.61 Å². The SMILES string of the molecule is O=C(O)CCCn1cc(CC(=O)O)c2c(CCc3ccc(OCCCCc4ccccc4)cc3)cccc21. The molecule has 3 aromatic carbocycles. The highest BCUT2D eigenvalue weighted by Gasteiger charge is 2.15. The van der Waals surface area contributed by atoms with Gasteiger partial charge in [-0.2, -0.15) is 0 Å². The van der Waals surface area contributed by atoms with E-state index in [0.717, 1.165) is 59.9 Å². The van der Waals surface area contributed by atoms with Gasteiger partial charge >= 0.3 is 11.9 Å². The maximum absolute atomic E-state index is 11.5. The van der Waals surface area contributed by atoms with Gasteiger partial charge < -0.3 is 19.5 Å². The molecule has 0 aliphatic rings. The van der Waals surface area contributed by atoms with Gasteiger partial charge in [0.2, 0.25) is 0 Å². The van der Waals surface area contributed by atoms with Crippen molar-refractivity contribution in [2.45, 2.75) is 57.9 Å². The van der Waals surface area contributed by atoms with E-state index >= 15 is 0 Å². The molecule has 0 atom stereocenters. The summed E-state index contributed by atoms with van der Waals surface area (Å²) in [6.45, 7) is 1.24. The van der Waals surface area contributed by atoms with Crippen molar-refractivity contribution in [3.8, 4) is 5.75 Å². The van der Waals surface area contributed by atoms with E-state index in [1.54, 1.807) is 0 Å². The summed E-state index contributed by atoms with van der Waals surface area (Å²) in [7, 11) is 0. The molecule has 0 aliphatic heterocycles. The van der Waals surface area contributed by atoms with Crippen LogP contribution in [0, 0.1) is 0 Å². The minimum Gasteiger partial charge on any atom is -0.494 e. The van der Waals surface area contributed by atoms with E-state index in [-0.39, 0.29) is 12.8 Å². The number of hydrogen-bond donors (Lipinski definition) is 2. The second kappa shape index (κ2) is 13.5. The van der Waals surface area contributed by atoms with Gasteiger partial charge in [0.1, 0.15) is 5.75 Å². The van der Waals surface area contributed by atoms with Crippen molar-refractivity contribution in [3.63, 3.8) is 0 Å². The Labute approximate surface area is 223 Å². The van der Waals surface area contributed by atoms with E-state index in [1.807, 2.05) is 41.1 Å². The quantitative estimate of drug-likeness (QED) is 0.182. The lowest BCUT2D eigenvalue weighted by molar-refractivity contribution is -0.137. The summed E-state index contributed by atoms with van der Waals surface area (Å²) >= 11 is 0. The first-order valence-corrected chi connectivity index (χ1v) is 13.3. The molecule has 1 aromatic heterocycles. The fourth-order valence-electron chi connectivity index (χ4n) is 4.91. The number of carbonyl (C=O) groups is 2. The maximum Gasteiger partial charge on any atom is 0.307 e. The first-order valence-electron chi connectivity index (χ1n) is 13.3. The number of ether oxygens (including phenoxy) is 1. The molecule has 38 heavy (non-hydrogen) atoms. The summed E-state index contributed by atoms with van der Waals surface area (Å²) < 4.78 is 7.92. The van der Waals surface area contributed by atoms with Crippen molar-refractivity contribution in [3.05, 3.63) is 101 Å². The van der Waals surface area contributed by atoms with Crippen LogP contribution in [0.15, 0.2) is 79.0 Å². The molecule has 4 aromatic rings. The van der Waals surface area contributed by atoms with Gasteiger partial charge in [-0.05, 0) is 79.0 Å². The standard InChI is InChI=1S/C32H35NO5/c34-30(35)13-7-20-33-23-27(22-31(36)37)32-26(11-6-12-29(32)33)17-14-25-15-18-28(19-16-25)38-21-5-4-10-24-8-2-1-3-9-24/h1-3,6,8-9,11-12,15-16,18-19,23H,4-5,7,10,13-14,17,20-22H2,(H,34,35)(H,36,37). The minimum absolute atomic E-state index is 0.0587. The van der Waals surface area contributed by atoms with Crippen molar-refractivity contribution in [1.82, 2.24) is 4.57 Å². The van der Waals surface area contributed by atoms with Gasteiger partial charge in [0, 0.05) is 30.1 Å². The summed E-state index contributed by atoms with van der Waals surface area (Å²) in [6, 6.07) is 24.7. The van der Waals surface area contributed by atoms with Crippen LogP contribution in [0.5, 0.6) is 5.75 Å². The monoisotopic (exact) mass is 513 g/mol. The minimum atomic E-state index is -0.875. The zero-order valence-electron chi connectivity index (χ0n) is 21.6. The van der Waals surface area contributed by atoms with Crippen molar-refractivity contribution < 1.29 is 24.5 Å². The first kappa shape index (κ1) is 27.0. The Morgan fingerprint density at radius 3 is 2.21 bits per heavy atom. The van der Waals surface area contributed by atoms with Gasteiger partial charge in [0.25, 0.3) is 0 Å². The predicted molar refractivity (Wildman–Crippen MR) is 149 cm³/mol. The summed E-state index contributed by atoms with van der Waals surface area (Å²) in [5.41, 5.74) is 5.39. The fourth-order valence-corrected chi connectivity index (χ4v) is 4.91. The van der Waals surface area contributed by atoms with Crippen LogP contribution in [-0.2, 0) is 41.8 Å². The molecule has 0 spiro atoms. The molecule has 6 nitrogen and oxygen atoms in total. The van der Waals surface area contributed by atoms with Crippen LogP contribution in [0.3, 0.4) is 0 Å². The smallest absolute Gasteiger partial charge is 0.307 e. The number of fused-ring (bicyclic) bond motifs is 1. The predicted octanol–water partition coefficient (Wildman–Crippen LogP) is 6.32. The Hall–Kier alpha value is -4.06. The van der Waals surface area contributed by atoms with E-state index in [0.29, 0.717) is 19.6 Å². The van der Waals surface area contributed by atoms with Crippen LogP contribution >= 0.6 is 0 Å². The lowest BCUT2D eigenvalue weighted by Gasteiger charge is -2.09. The molecule has 0 saturated carbocycles. The topological polar surface area (TPSA) is 88.8 Å². The Balaban J connectivity index is 1.34. The summed E-state index contributed by atoms with van der Waals surface area (Å²) in [4.78, 5) is 22.5. The fraction of sp³-hybridized carbons (Fsp3) is 0.312. The molecule has 1 heterocycles. The van der Waals surface area contributed by atoms with Crippen LogP contribution < -0.4 is 4.74 Å². The van der Waals surface area contributed by atoms with Crippen LogP contribution in [0.2, 0.25) is 0 Å². The van der Waals surface area contributed by atoms with E-state index in [9.17, 15) is 14.7 Å². The van der Waals surface area contributed by atoms with Gasteiger partial charge in [-0.25, -0.2) is 0 Å². The maximum atomic E-state index is 11.5. The molecule has 0 radical (unpaired) electrons. The molecule has 6 heteroatoms. The van der Waals surface area contributed by atoms with Gasteiger partial charge in [-0.3, -0.25) is 9.59 Å². The summed E-state index contributed by atoms with van der Waals surface area (Å²) in [5, 5.41) is 19.4. The Morgan fingerprint density at radius 2 is 1.47 bits per heavy atom. The van der Waals surface area contributed by atoms with Gasteiger partial charge in [0.05, 0.1) is 13.0 Å². The molecule has 0 amide bonds. The number of carboxylic acid groups (broad SMARTS) is 2. The summed E-state index contributed by atoms with van der Waals surface area (Å²) in [5.74, 6) is -0.829. The van der Waals surface area contributed by atoms with Crippen LogP contribution in [0.1, 0.15) is 47.9 Å². The number of unbranched alkanes of at least 4 members (excludes halogenated alkanes) is 1. The van der Waals surface area contributed by atoms with Crippen LogP contribution in [0.25, 0.3) is 10.9 Å². The third kappa shape index (κ3) is 7.72.